The second-order valence-corrected chi connectivity index (χ2v) is 7.65. The number of halogens is 1. The SMILES string of the molecule is CC(C)COc1ccc(Cl)cc1Cc1nc(C(=O)N=CN(C)C)cs1. The molecule has 0 spiro atoms. The van der Waals surface area contributed by atoms with Crippen molar-refractivity contribution in [3.63, 3.8) is 0 Å². The molecule has 0 aliphatic carbocycles. The van der Waals surface area contributed by atoms with Crippen LogP contribution in [0.2, 0.25) is 5.02 Å². The maximum Gasteiger partial charge on any atom is 0.297 e. The first kappa shape index (κ1) is 19.4. The van der Waals surface area contributed by atoms with Crippen LogP contribution in [0.3, 0.4) is 0 Å². The molecule has 0 radical (unpaired) electrons. The van der Waals surface area contributed by atoms with Gasteiger partial charge in [0.15, 0.2) is 0 Å². The average Bonchev–Trinajstić information content (AvgIpc) is 3.00. The highest BCUT2D eigenvalue weighted by Gasteiger charge is 2.13. The van der Waals surface area contributed by atoms with E-state index < -0.39 is 0 Å². The number of carbonyl (C=O) groups excluding carboxylic acids is 1. The fourth-order valence-electron chi connectivity index (χ4n) is 1.97. The molecule has 0 aliphatic heterocycles. The Hall–Kier alpha value is -1.92. The molecule has 5 nitrogen and oxygen atoms in total. The fraction of sp³-hybridized carbons (Fsp3) is 0.389. The zero-order valence-electron chi connectivity index (χ0n) is 14.8. The molecule has 7 heteroatoms. The van der Waals surface area contributed by atoms with Crippen LogP contribution in [-0.2, 0) is 6.42 Å². The molecule has 0 saturated heterocycles. The fourth-order valence-corrected chi connectivity index (χ4v) is 2.96. The smallest absolute Gasteiger partial charge is 0.297 e. The Morgan fingerprint density at radius 2 is 2.20 bits per heavy atom. The van der Waals surface area contributed by atoms with Gasteiger partial charge in [-0.05, 0) is 24.1 Å². The lowest BCUT2D eigenvalue weighted by molar-refractivity contribution is 0.0998. The largest absolute Gasteiger partial charge is 0.493 e. The number of ether oxygens (including phenoxy) is 1. The van der Waals surface area contributed by atoms with Crippen LogP contribution < -0.4 is 4.74 Å². The number of aromatic nitrogens is 1. The summed E-state index contributed by atoms with van der Waals surface area (Å²) >= 11 is 7.55. The summed E-state index contributed by atoms with van der Waals surface area (Å²) in [6.07, 6.45) is 2.03. The van der Waals surface area contributed by atoms with Gasteiger partial charge in [0.05, 0.1) is 18.0 Å². The van der Waals surface area contributed by atoms with Gasteiger partial charge in [0.2, 0.25) is 0 Å². The summed E-state index contributed by atoms with van der Waals surface area (Å²) in [5.41, 5.74) is 1.31. The van der Waals surface area contributed by atoms with Crippen molar-refractivity contribution in [3.05, 3.63) is 44.9 Å². The Balaban J connectivity index is 2.14. The summed E-state index contributed by atoms with van der Waals surface area (Å²) in [6.45, 7) is 4.83. The molecule has 1 amide bonds. The predicted octanol–water partition coefficient (Wildman–Crippen LogP) is 4.15. The van der Waals surface area contributed by atoms with Gasteiger partial charge in [-0.25, -0.2) is 4.98 Å². The minimum Gasteiger partial charge on any atom is -0.493 e. The van der Waals surface area contributed by atoms with E-state index in [0.29, 0.717) is 29.7 Å². The topological polar surface area (TPSA) is 54.8 Å². The molecule has 0 fully saturated rings. The lowest BCUT2D eigenvalue weighted by Crippen LogP contribution is -2.10. The van der Waals surface area contributed by atoms with E-state index in [1.54, 1.807) is 24.4 Å². The number of nitrogens with zero attached hydrogens (tertiary/aromatic N) is 3. The van der Waals surface area contributed by atoms with Crippen LogP contribution >= 0.6 is 22.9 Å². The summed E-state index contributed by atoms with van der Waals surface area (Å²) in [5.74, 6) is 0.882. The van der Waals surface area contributed by atoms with Gasteiger partial charge in [-0.2, -0.15) is 4.99 Å². The van der Waals surface area contributed by atoms with Gasteiger partial charge in [-0.1, -0.05) is 25.4 Å². The number of amides is 1. The highest BCUT2D eigenvalue weighted by Crippen LogP contribution is 2.27. The van der Waals surface area contributed by atoms with Crippen LogP contribution in [-0.4, -0.2) is 42.8 Å². The van der Waals surface area contributed by atoms with Crippen molar-refractivity contribution in [2.24, 2.45) is 10.9 Å². The van der Waals surface area contributed by atoms with E-state index in [1.165, 1.54) is 17.7 Å². The average molecular weight is 380 g/mol. The predicted molar refractivity (Wildman–Crippen MR) is 103 cm³/mol. The Morgan fingerprint density at radius 1 is 1.44 bits per heavy atom. The van der Waals surface area contributed by atoms with Crippen molar-refractivity contribution in [2.45, 2.75) is 20.3 Å². The van der Waals surface area contributed by atoms with Crippen LogP contribution in [0.1, 0.15) is 34.9 Å². The lowest BCUT2D eigenvalue weighted by Gasteiger charge is -2.13. The third-order valence-corrected chi connectivity index (χ3v) is 4.20. The quantitative estimate of drug-likeness (QED) is 0.535. The standard InChI is InChI=1S/C18H22ClN3O2S/c1-12(2)9-24-16-6-5-14(19)7-13(16)8-17-21-15(10-25-17)18(23)20-11-22(3)4/h5-7,10-12H,8-9H2,1-4H3. The van der Waals surface area contributed by atoms with Gasteiger partial charge in [0, 0.05) is 36.5 Å². The van der Waals surface area contributed by atoms with Crippen molar-refractivity contribution in [2.75, 3.05) is 20.7 Å². The summed E-state index contributed by atoms with van der Waals surface area (Å²) in [5, 5.41) is 3.19. The summed E-state index contributed by atoms with van der Waals surface area (Å²) in [7, 11) is 3.61. The van der Waals surface area contributed by atoms with Crippen molar-refractivity contribution < 1.29 is 9.53 Å². The monoisotopic (exact) mass is 379 g/mol. The van der Waals surface area contributed by atoms with Crippen molar-refractivity contribution in [3.8, 4) is 5.75 Å². The van der Waals surface area contributed by atoms with Crippen LogP contribution in [0.25, 0.3) is 0 Å². The zero-order chi connectivity index (χ0) is 18.4. The van der Waals surface area contributed by atoms with Crippen LogP contribution in [0.4, 0.5) is 0 Å². The van der Waals surface area contributed by atoms with Gasteiger partial charge in [-0.3, -0.25) is 4.79 Å². The number of hydrogen-bond acceptors (Lipinski definition) is 4. The first-order valence-electron chi connectivity index (χ1n) is 7.95. The van der Waals surface area contributed by atoms with Crippen LogP contribution in [0.5, 0.6) is 5.75 Å². The molecule has 25 heavy (non-hydrogen) atoms. The second kappa shape index (κ2) is 8.97. The normalized spacial score (nSPS) is 11.3. The van der Waals surface area contributed by atoms with E-state index in [0.717, 1.165) is 16.3 Å². The first-order valence-corrected chi connectivity index (χ1v) is 9.21. The van der Waals surface area contributed by atoms with Crippen molar-refractivity contribution in [1.29, 1.82) is 0 Å². The second-order valence-electron chi connectivity index (χ2n) is 6.27. The maximum atomic E-state index is 12.0. The van der Waals surface area contributed by atoms with Gasteiger partial charge in [-0.15, -0.1) is 11.3 Å². The number of benzene rings is 1. The highest BCUT2D eigenvalue weighted by atomic mass is 35.5. The molecule has 0 aliphatic rings. The number of aliphatic imine (C=N–C) groups is 1. The Kier molecular flexibility index (Phi) is 6.96. The number of rotatable bonds is 7. The minimum atomic E-state index is -0.349. The molecular weight excluding hydrogens is 358 g/mol. The first-order chi connectivity index (χ1) is 11.8. The molecule has 1 aromatic carbocycles. The molecule has 0 bridgehead atoms. The van der Waals surface area contributed by atoms with Crippen molar-refractivity contribution in [1.82, 2.24) is 9.88 Å². The van der Waals surface area contributed by atoms with Gasteiger partial charge < -0.3 is 9.64 Å². The molecule has 2 rings (SSSR count). The zero-order valence-corrected chi connectivity index (χ0v) is 16.4. The molecule has 0 saturated carbocycles. The van der Waals surface area contributed by atoms with Crippen molar-refractivity contribution >= 4 is 35.2 Å². The van der Waals surface area contributed by atoms with Gasteiger partial charge >= 0.3 is 0 Å². The van der Waals surface area contributed by atoms with E-state index in [-0.39, 0.29) is 5.91 Å². The molecular formula is C18H22ClN3O2S. The highest BCUT2D eigenvalue weighted by molar-refractivity contribution is 7.09. The molecule has 2 aromatic rings. The Morgan fingerprint density at radius 3 is 2.88 bits per heavy atom. The Bertz CT molecular complexity index is 757. The van der Waals surface area contributed by atoms with E-state index in [1.807, 2.05) is 18.2 Å². The molecule has 0 N–H and O–H groups in total. The number of thiazole rings is 1. The summed E-state index contributed by atoms with van der Waals surface area (Å²) in [4.78, 5) is 21.9. The third kappa shape index (κ3) is 6.14. The van der Waals surface area contributed by atoms with Gasteiger partial charge in [0.25, 0.3) is 5.91 Å². The molecule has 1 heterocycles. The maximum absolute atomic E-state index is 12.0. The minimum absolute atomic E-state index is 0.349. The molecule has 1 aromatic heterocycles. The van der Waals surface area contributed by atoms with E-state index in [4.69, 9.17) is 16.3 Å². The number of hydrogen-bond donors (Lipinski definition) is 0. The Labute approximate surface area is 157 Å². The molecule has 0 unspecified atom stereocenters. The molecule has 0 atom stereocenters. The third-order valence-electron chi connectivity index (χ3n) is 3.11. The molecule has 134 valence electrons. The number of carbonyl (C=O) groups is 1. The van der Waals surface area contributed by atoms with Crippen LogP contribution in [0.15, 0.2) is 28.6 Å². The van der Waals surface area contributed by atoms with Crippen LogP contribution in [0, 0.1) is 5.92 Å². The summed E-state index contributed by atoms with van der Waals surface area (Å²) < 4.78 is 5.87. The van der Waals surface area contributed by atoms with E-state index >= 15 is 0 Å². The van der Waals surface area contributed by atoms with E-state index in [9.17, 15) is 4.79 Å². The van der Waals surface area contributed by atoms with E-state index in [2.05, 4.69) is 23.8 Å². The lowest BCUT2D eigenvalue weighted by atomic mass is 10.1. The summed E-state index contributed by atoms with van der Waals surface area (Å²) in [6, 6.07) is 5.57. The van der Waals surface area contributed by atoms with Gasteiger partial charge in [0.1, 0.15) is 11.4 Å².